The molecule has 104 valence electrons. The topological polar surface area (TPSA) is 12.0 Å². The Kier molecular flexibility index (Phi) is 4.96. The lowest BCUT2D eigenvalue weighted by atomic mass is 10.2. The Morgan fingerprint density at radius 2 is 2.00 bits per heavy atom. The molecule has 0 aliphatic heterocycles. The maximum absolute atomic E-state index is 6.08. The van der Waals surface area contributed by atoms with Gasteiger partial charge in [0.2, 0.25) is 0 Å². The maximum Gasteiger partial charge on any atom is 0.0931 e. The van der Waals surface area contributed by atoms with E-state index in [0.29, 0.717) is 0 Å². The van der Waals surface area contributed by atoms with Gasteiger partial charge in [-0.1, -0.05) is 17.7 Å². The van der Waals surface area contributed by atoms with Crippen molar-refractivity contribution < 1.29 is 0 Å². The van der Waals surface area contributed by atoms with Gasteiger partial charge in [-0.05, 0) is 51.0 Å². The van der Waals surface area contributed by atoms with Gasteiger partial charge in [0, 0.05) is 25.6 Å². The summed E-state index contributed by atoms with van der Waals surface area (Å²) in [5.74, 6) is 0. The SMILES string of the molecule is Clc1ccc(C(NCc2sccc2Br)c2cccs2)s1. The number of thiophene rings is 3. The fourth-order valence-electron chi connectivity index (χ4n) is 1.93. The summed E-state index contributed by atoms with van der Waals surface area (Å²) in [5, 5.41) is 7.85. The second kappa shape index (κ2) is 6.73. The van der Waals surface area contributed by atoms with Crippen LogP contribution in [0.1, 0.15) is 20.7 Å². The third kappa shape index (κ3) is 3.35. The molecule has 0 amide bonds. The van der Waals surface area contributed by atoms with Crippen LogP contribution in [0.25, 0.3) is 0 Å². The Balaban J connectivity index is 1.81. The molecule has 1 nitrogen and oxygen atoms in total. The molecule has 0 aliphatic rings. The highest BCUT2D eigenvalue weighted by molar-refractivity contribution is 9.10. The van der Waals surface area contributed by atoms with Crippen molar-refractivity contribution in [1.29, 1.82) is 0 Å². The first kappa shape index (κ1) is 14.8. The van der Waals surface area contributed by atoms with Crippen LogP contribution >= 0.6 is 61.5 Å². The first-order valence-corrected chi connectivity index (χ1v) is 9.72. The third-order valence-corrected chi connectivity index (χ3v) is 7.02. The molecular weight excluding hydrogens is 394 g/mol. The van der Waals surface area contributed by atoms with Gasteiger partial charge in [0.15, 0.2) is 0 Å². The monoisotopic (exact) mass is 403 g/mol. The minimum Gasteiger partial charge on any atom is -0.300 e. The van der Waals surface area contributed by atoms with E-state index in [1.54, 1.807) is 34.0 Å². The summed E-state index contributed by atoms with van der Waals surface area (Å²) < 4.78 is 2.00. The van der Waals surface area contributed by atoms with Crippen molar-refractivity contribution in [3.05, 3.63) is 64.5 Å². The standard InChI is InChI=1S/C14H11BrClNS3/c15-9-5-7-19-12(9)8-17-14(10-2-1-6-18-10)11-3-4-13(16)20-11/h1-7,14,17H,8H2. The molecule has 0 saturated carbocycles. The average molecular weight is 405 g/mol. The first-order chi connectivity index (χ1) is 9.74. The largest absolute Gasteiger partial charge is 0.300 e. The van der Waals surface area contributed by atoms with E-state index >= 15 is 0 Å². The van der Waals surface area contributed by atoms with E-state index in [2.05, 4.69) is 56.3 Å². The van der Waals surface area contributed by atoms with Crippen molar-refractivity contribution in [2.75, 3.05) is 0 Å². The Hall–Kier alpha value is -0.170. The highest BCUT2D eigenvalue weighted by Gasteiger charge is 2.17. The van der Waals surface area contributed by atoms with Crippen LogP contribution in [0.4, 0.5) is 0 Å². The molecule has 1 N–H and O–H groups in total. The fourth-order valence-corrected chi connectivity index (χ4v) is 5.42. The van der Waals surface area contributed by atoms with Crippen LogP contribution in [0.15, 0.2) is 45.6 Å². The Morgan fingerprint density at radius 3 is 2.60 bits per heavy atom. The summed E-state index contributed by atoms with van der Waals surface area (Å²) in [4.78, 5) is 3.88. The third-order valence-electron chi connectivity index (χ3n) is 2.86. The molecule has 1 unspecified atom stereocenters. The van der Waals surface area contributed by atoms with Crippen LogP contribution in [-0.4, -0.2) is 0 Å². The zero-order valence-electron chi connectivity index (χ0n) is 10.3. The summed E-state index contributed by atoms with van der Waals surface area (Å²) in [5.41, 5.74) is 0. The molecule has 3 aromatic heterocycles. The van der Waals surface area contributed by atoms with Crippen molar-refractivity contribution in [2.45, 2.75) is 12.6 Å². The quantitative estimate of drug-likeness (QED) is 0.536. The molecule has 1 atom stereocenters. The van der Waals surface area contributed by atoms with Crippen LogP contribution in [-0.2, 0) is 6.54 Å². The molecule has 0 saturated heterocycles. The van der Waals surface area contributed by atoms with Crippen LogP contribution in [0.2, 0.25) is 4.34 Å². The van der Waals surface area contributed by atoms with Crippen LogP contribution < -0.4 is 5.32 Å². The summed E-state index contributed by atoms with van der Waals surface area (Å²) >= 11 is 14.8. The number of hydrogen-bond acceptors (Lipinski definition) is 4. The molecule has 0 fully saturated rings. The molecule has 6 heteroatoms. The minimum atomic E-state index is 0.210. The maximum atomic E-state index is 6.08. The van der Waals surface area contributed by atoms with Crippen molar-refractivity contribution in [3.8, 4) is 0 Å². The lowest BCUT2D eigenvalue weighted by Crippen LogP contribution is -2.20. The van der Waals surface area contributed by atoms with Gasteiger partial charge in [0.05, 0.1) is 10.4 Å². The minimum absolute atomic E-state index is 0.210. The Morgan fingerprint density at radius 1 is 1.10 bits per heavy atom. The first-order valence-electron chi connectivity index (χ1n) is 5.98. The summed E-state index contributed by atoms with van der Waals surface area (Å²) in [7, 11) is 0. The van der Waals surface area contributed by atoms with Crippen LogP contribution in [0.5, 0.6) is 0 Å². The zero-order valence-corrected chi connectivity index (χ0v) is 15.1. The lowest BCUT2D eigenvalue weighted by molar-refractivity contribution is 0.626. The highest BCUT2D eigenvalue weighted by atomic mass is 79.9. The summed E-state index contributed by atoms with van der Waals surface area (Å²) in [6.07, 6.45) is 0. The molecule has 20 heavy (non-hydrogen) atoms. The zero-order chi connectivity index (χ0) is 13.9. The van der Waals surface area contributed by atoms with Gasteiger partial charge in [0.25, 0.3) is 0 Å². The van der Waals surface area contributed by atoms with Gasteiger partial charge in [-0.25, -0.2) is 0 Å². The molecule has 0 spiro atoms. The summed E-state index contributed by atoms with van der Waals surface area (Å²) in [6.45, 7) is 0.844. The van der Waals surface area contributed by atoms with Crippen LogP contribution in [0, 0.1) is 0 Å². The van der Waals surface area contributed by atoms with E-state index < -0.39 is 0 Å². The van der Waals surface area contributed by atoms with Crippen molar-refractivity contribution >= 4 is 61.5 Å². The number of rotatable bonds is 5. The predicted octanol–water partition coefficient (Wildman–Crippen LogP) is 6.17. The smallest absolute Gasteiger partial charge is 0.0931 e. The number of nitrogens with one attached hydrogen (secondary N) is 1. The van der Waals surface area contributed by atoms with Crippen molar-refractivity contribution in [1.82, 2.24) is 5.32 Å². The van der Waals surface area contributed by atoms with Gasteiger partial charge in [0.1, 0.15) is 0 Å². The molecule has 0 radical (unpaired) electrons. The Bertz CT molecular complexity index is 674. The van der Waals surface area contributed by atoms with Crippen molar-refractivity contribution in [2.24, 2.45) is 0 Å². The molecule has 3 rings (SSSR count). The average Bonchev–Trinajstić information content (AvgIpc) is 3.14. The van der Waals surface area contributed by atoms with Gasteiger partial charge in [-0.2, -0.15) is 0 Å². The Labute approximate surface area is 143 Å². The van der Waals surface area contributed by atoms with E-state index in [0.717, 1.165) is 10.9 Å². The molecular formula is C14H11BrClNS3. The molecule has 0 aliphatic carbocycles. The number of hydrogen-bond donors (Lipinski definition) is 1. The van der Waals surface area contributed by atoms with Crippen molar-refractivity contribution in [3.63, 3.8) is 0 Å². The van der Waals surface area contributed by atoms with E-state index in [1.165, 1.54) is 19.1 Å². The van der Waals surface area contributed by atoms with E-state index in [1.807, 2.05) is 6.07 Å². The van der Waals surface area contributed by atoms with E-state index in [9.17, 15) is 0 Å². The van der Waals surface area contributed by atoms with Crippen LogP contribution in [0.3, 0.4) is 0 Å². The normalized spacial score (nSPS) is 12.7. The van der Waals surface area contributed by atoms with Gasteiger partial charge >= 0.3 is 0 Å². The predicted molar refractivity (Wildman–Crippen MR) is 94.3 cm³/mol. The summed E-state index contributed by atoms with van der Waals surface area (Å²) in [6, 6.07) is 10.6. The molecule has 3 aromatic rings. The molecule has 0 bridgehead atoms. The van der Waals surface area contributed by atoms with E-state index in [-0.39, 0.29) is 6.04 Å². The number of halogens is 2. The second-order valence-corrected chi connectivity index (χ2v) is 8.74. The van der Waals surface area contributed by atoms with Gasteiger partial charge in [-0.3, -0.25) is 5.32 Å². The second-order valence-electron chi connectivity index (χ2n) is 4.16. The molecule has 3 heterocycles. The van der Waals surface area contributed by atoms with Gasteiger partial charge in [-0.15, -0.1) is 34.0 Å². The fraction of sp³-hybridized carbons (Fsp3) is 0.143. The van der Waals surface area contributed by atoms with Gasteiger partial charge < -0.3 is 0 Å². The molecule has 0 aromatic carbocycles. The van der Waals surface area contributed by atoms with E-state index in [4.69, 9.17) is 11.6 Å². The highest BCUT2D eigenvalue weighted by Crippen LogP contribution is 2.34. The lowest BCUT2D eigenvalue weighted by Gasteiger charge is -2.15.